The SMILES string of the molecule is O=C(c1ccccc1)c1ccc(C(=O)c2ccccc2)c(-c2ccc(C#Cc3ccc(-n4c5ccccc5c5cc6oc7ccccc7c6cc54)cc3)cc2)c1. The first-order valence-corrected chi connectivity index (χ1v) is 18.5. The van der Waals surface area contributed by atoms with Gasteiger partial charge in [-0.05, 0) is 83.9 Å². The van der Waals surface area contributed by atoms with Crippen LogP contribution in [0.5, 0.6) is 0 Å². The summed E-state index contributed by atoms with van der Waals surface area (Å²) in [5, 5.41) is 4.51. The van der Waals surface area contributed by atoms with Gasteiger partial charge in [0.1, 0.15) is 11.2 Å². The van der Waals surface area contributed by atoms with Gasteiger partial charge in [-0.2, -0.15) is 0 Å². The predicted octanol–water partition coefficient (Wildman–Crippen LogP) is 12.2. The summed E-state index contributed by atoms with van der Waals surface area (Å²) >= 11 is 0. The highest BCUT2D eigenvalue weighted by Crippen LogP contribution is 2.38. The first kappa shape index (κ1) is 32.9. The molecule has 0 N–H and O–H groups in total. The average molecular weight is 718 g/mol. The second-order valence-corrected chi connectivity index (χ2v) is 13.8. The monoisotopic (exact) mass is 717 g/mol. The Hall–Kier alpha value is -7.74. The zero-order valence-electron chi connectivity index (χ0n) is 30.1. The molecule has 0 amide bonds. The van der Waals surface area contributed by atoms with Gasteiger partial charge in [0.05, 0.1) is 11.0 Å². The van der Waals surface area contributed by atoms with Crippen LogP contribution in [0.2, 0.25) is 0 Å². The molecule has 10 aromatic rings. The van der Waals surface area contributed by atoms with Gasteiger partial charge in [0.2, 0.25) is 0 Å². The summed E-state index contributed by atoms with van der Waals surface area (Å²) < 4.78 is 8.55. The topological polar surface area (TPSA) is 52.2 Å². The van der Waals surface area contributed by atoms with Crippen LogP contribution in [0.25, 0.3) is 60.6 Å². The molecule has 0 fully saturated rings. The second kappa shape index (κ2) is 13.6. The first-order valence-electron chi connectivity index (χ1n) is 18.5. The number of furan rings is 1. The Balaban J connectivity index is 0.972. The third-order valence-electron chi connectivity index (χ3n) is 10.4. The van der Waals surface area contributed by atoms with Crippen LogP contribution in [-0.2, 0) is 0 Å². The second-order valence-electron chi connectivity index (χ2n) is 13.8. The molecule has 8 aromatic carbocycles. The third-order valence-corrected chi connectivity index (χ3v) is 10.4. The van der Waals surface area contributed by atoms with E-state index < -0.39 is 0 Å². The maximum atomic E-state index is 13.7. The zero-order valence-corrected chi connectivity index (χ0v) is 30.1. The summed E-state index contributed by atoms with van der Waals surface area (Å²) in [5.74, 6) is 6.45. The van der Waals surface area contributed by atoms with Crippen LogP contribution in [0.3, 0.4) is 0 Å². The Morgan fingerprint density at radius 2 is 1.04 bits per heavy atom. The molecule has 4 heteroatoms. The van der Waals surface area contributed by atoms with Crippen molar-refractivity contribution >= 4 is 55.3 Å². The molecule has 0 radical (unpaired) electrons. The van der Waals surface area contributed by atoms with Crippen molar-refractivity contribution in [3.63, 3.8) is 0 Å². The van der Waals surface area contributed by atoms with Crippen LogP contribution in [0.15, 0.2) is 192 Å². The molecule has 262 valence electrons. The van der Waals surface area contributed by atoms with E-state index in [4.69, 9.17) is 4.42 Å². The number of carbonyl (C=O) groups is 2. The van der Waals surface area contributed by atoms with E-state index in [0.717, 1.165) is 60.7 Å². The van der Waals surface area contributed by atoms with Gasteiger partial charge in [0.15, 0.2) is 11.6 Å². The van der Waals surface area contributed by atoms with Crippen LogP contribution >= 0.6 is 0 Å². The Bertz CT molecular complexity index is 3200. The summed E-state index contributed by atoms with van der Waals surface area (Å²) in [7, 11) is 0. The van der Waals surface area contributed by atoms with Crippen molar-refractivity contribution in [3.8, 4) is 28.7 Å². The summed E-state index contributed by atoms with van der Waals surface area (Å²) in [5.41, 5.74) is 10.6. The van der Waals surface area contributed by atoms with E-state index >= 15 is 0 Å². The van der Waals surface area contributed by atoms with Gasteiger partial charge < -0.3 is 8.98 Å². The maximum absolute atomic E-state index is 13.7. The van der Waals surface area contributed by atoms with E-state index in [-0.39, 0.29) is 11.6 Å². The minimum Gasteiger partial charge on any atom is -0.456 e. The molecule has 0 aliphatic rings. The highest BCUT2D eigenvalue weighted by Gasteiger charge is 2.19. The average Bonchev–Trinajstić information content (AvgIpc) is 3.80. The lowest BCUT2D eigenvalue weighted by molar-refractivity contribution is 0.102. The molecule has 10 rings (SSSR count). The standard InChI is InChI=1S/C52H31NO3/c54-51(37-11-3-1-4-12-37)39-27-30-43(52(55)38-13-5-2-6-14-38)44(31-39)36-25-21-34(22-26-36)19-20-35-23-28-40(29-24-35)53-47-17-9-7-15-41(47)45-33-50-46(32-48(45)53)42-16-8-10-18-49(42)56-50/h1-18,21-33H. The first-order chi connectivity index (χ1) is 27.6. The quantitative estimate of drug-likeness (QED) is 0.127. The minimum atomic E-state index is -0.101. The third kappa shape index (κ3) is 5.76. The lowest BCUT2D eigenvalue weighted by atomic mass is 9.90. The summed E-state index contributed by atoms with van der Waals surface area (Å²) in [6.45, 7) is 0. The zero-order chi connectivity index (χ0) is 37.6. The molecular formula is C52H31NO3. The number of hydrogen-bond acceptors (Lipinski definition) is 3. The van der Waals surface area contributed by atoms with Crippen molar-refractivity contribution in [1.82, 2.24) is 4.57 Å². The van der Waals surface area contributed by atoms with Crippen LogP contribution in [0.1, 0.15) is 43.0 Å². The number of para-hydroxylation sites is 2. The number of fused-ring (bicyclic) bond motifs is 6. The van der Waals surface area contributed by atoms with Crippen molar-refractivity contribution < 1.29 is 14.0 Å². The molecule has 4 nitrogen and oxygen atoms in total. The molecular weight excluding hydrogens is 687 g/mol. The molecule has 2 aromatic heterocycles. The van der Waals surface area contributed by atoms with E-state index in [1.165, 1.54) is 5.39 Å². The molecule has 56 heavy (non-hydrogen) atoms. The van der Waals surface area contributed by atoms with Crippen LogP contribution in [0.4, 0.5) is 0 Å². The minimum absolute atomic E-state index is 0.0962. The number of hydrogen-bond donors (Lipinski definition) is 0. The lowest BCUT2D eigenvalue weighted by Crippen LogP contribution is -2.07. The molecule has 0 aliphatic carbocycles. The van der Waals surface area contributed by atoms with Gasteiger partial charge in [-0.25, -0.2) is 0 Å². The number of carbonyl (C=O) groups excluding carboxylic acids is 2. The van der Waals surface area contributed by atoms with Crippen molar-refractivity contribution in [2.75, 3.05) is 0 Å². The lowest BCUT2D eigenvalue weighted by Gasteiger charge is -2.12. The summed E-state index contributed by atoms with van der Waals surface area (Å²) in [6.07, 6.45) is 0. The maximum Gasteiger partial charge on any atom is 0.193 e. The fourth-order valence-corrected chi connectivity index (χ4v) is 7.66. The number of aromatic nitrogens is 1. The Morgan fingerprint density at radius 1 is 0.429 bits per heavy atom. The molecule has 0 saturated heterocycles. The number of nitrogens with zero attached hydrogens (tertiary/aromatic N) is 1. The van der Waals surface area contributed by atoms with Crippen molar-refractivity contribution in [2.45, 2.75) is 0 Å². The van der Waals surface area contributed by atoms with E-state index in [1.54, 1.807) is 24.3 Å². The predicted molar refractivity (Wildman–Crippen MR) is 226 cm³/mol. The van der Waals surface area contributed by atoms with Crippen molar-refractivity contribution in [3.05, 3.63) is 221 Å². The number of rotatable bonds is 6. The highest BCUT2D eigenvalue weighted by atomic mass is 16.3. The van der Waals surface area contributed by atoms with Crippen LogP contribution in [0, 0.1) is 11.8 Å². The largest absolute Gasteiger partial charge is 0.456 e. The van der Waals surface area contributed by atoms with Gasteiger partial charge in [0.25, 0.3) is 0 Å². The van der Waals surface area contributed by atoms with Gasteiger partial charge in [-0.1, -0.05) is 127 Å². The molecule has 0 atom stereocenters. The highest BCUT2D eigenvalue weighted by molar-refractivity contribution is 6.17. The fourth-order valence-electron chi connectivity index (χ4n) is 7.66. The number of benzene rings is 8. The molecule has 2 heterocycles. The van der Waals surface area contributed by atoms with E-state index in [9.17, 15) is 9.59 Å². The molecule has 0 spiro atoms. The van der Waals surface area contributed by atoms with Gasteiger partial charge in [-0.3, -0.25) is 9.59 Å². The Morgan fingerprint density at radius 3 is 1.75 bits per heavy atom. The van der Waals surface area contributed by atoms with Crippen molar-refractivity contribution in [1.29, 1.82) is 0 Å². The smallest absolute Gasteiger partial charge is 0.193 e. The number of ketones is 2. The molecule has 0 unspecified atom stereocenters. The Labute approximate surface area is 322 Å². The van der Waals surface area contributed by atoms with Crippen LogP contribution < -0.4 is 0 Å². The van der Waals surface area contributed by atoms with Gasteiger partial charge in [-0.15, -0.1) is 0 Å². The van der Waals surface area contributed by atoms with E-state index in [2.05, 4.69) is 83.1 Å². The van der Waals surface area contributed by atoms with E-state index in [0.29, 0.717) is 27.8 Å². The Kier molecular flexibility index (Phi) is 7.98. The molecule has 0 aliphatic heterocycles. The molecule has 0 saturated carbocycles. The normalized spacial score (nSPS) is 11.2. The summed E-state index contributed by atoms with van der Waals surface area (Å²) in [6, 6.07) is 61.0. The van der Waals surface area contributed by atoms with E-state index in [1.807, 2.05) is 97.1 Å². The fraction of sp³-hybridized carbons (Fsp3) is 0. The van der Waals surface area contributed by atoms with Gasteiger partial charge in [0, 0.05) is 60.6 Å². The van der Waals surface area contributed by atoms with Crippen LogP contribution in [-0.4, -0.2) is 16.1 Å². The summed E-state index contributed by atoms with van der Waals surface area (Å²) in [4.78, 5) is 27.2. The van der Waals surface area contributed by atoms with Crippen molar-refractivity contribution in [2.24, 2.45) is 0 Å². The van der Waals surface area contributed by atoms with Gasteiger partial charge >= 0.3 is 0 Å². The molecule has 0 bridgehead atoms.